The van der Waals surface area contributed by atoms with E-state index in [4.69, 9.17) is 9.72 Å². The van der Waals surface area contributed by atoms with Gasteiger partial charge in [0.25, 0.3) is 0 Å². The summed E-state index contributed by atoms with van der Waals surface area (Å²) in [7, 11) is 0. The molecule has 136 valence electrons. The lowest BCUT2D eigenvalue weighted by molar-refractivity contribution is 0.342. The van der Waals surface area contributed by atoms with Crippen LogP contribution in [0.1, 0.15) is 6.92 Å². The predicted octanol–water partition coefficient (Wildman–Crippen LogP) is 6.22. The fourth-order valence-corrected chi connectivity index (χ4v) is 3.89. The van der Waals surface area contributed by atoms with Gasteiger partial charge >= 0.3 is 0 Å². The summed E-state index contributed by atoms with van der Waals surface area (Å²) < 4.78 is 8.18. The van der Waals surface area contributed by atoms with Crippen LogP contribution in [0.15, 0.2) is 91.4 Å². The molecule has 0 atom stereocenters. The molecule has 2 aromatic heterocycles. The first-order chi connectivity index (χ1) is 13.9. The molecule has 0 amide bonds. The van der Waals surface area contributed by atoms with E-state index in [1.54, 1.807) is 0 Å². The topological polar surface area (TPSA) is 26.5 Å². The van der Waals surface area contributed by atoms with Gasteiger partial charge in [0.15, 0.2) is 0 Å². The second kappa shape index (κ2) is 6.86. The molecule has 0 spiro atoms. The van der Waals surface area contributed by atoms with Crippen molar-refractivity contribution in [3.05, 3.63) is 91.4 Å². The summed E-state index contributed by atoms with van der Waals surface area (Å²) in [5, 5.41) is 1.14. The molecule has 0 bridgehead atoms. The molecule has 0 N–H and O–H groups in total. The lowest BCUT2D eigenvalue weighted by atomic mass is 9.90. The zero-order valence-corrected chi connectivity index (χ0v) is 15.7. The largest absolute Gasteiger partial charge is 0.493 e. The Labute approximate surface area is 163 Å². The molecule has 0 saturated heterocycles. The molecule has 2 heterocycles. The zero-order valence-electron chi connectivity index (χ0n) is 15.7. The Bertz CT molecular complexity index is 1260. The van der Waals surface area contributed by atoms with Crippen molar-refractivity contribution in [3.63, 3.8) is 0 Å². The summed E-state index contributed by atoms with van der Waals surface area (Å²) in [6.07, 6.45) is 3.90. The summed E-state index contributed by atoms with van der Waals surface area (Å²) in [6.45, 7) is 2.62. The van der Waals surface area contributed by atoms with Crippen LogP contribution >= 0.6 is 0 Å². The minimum atomic E-state index is 0.604. The molecule has 5 aromatic rings. The SMILES string of the molecule is CCOc1cc2ncn3cccc3c2c(-c2ccccc2)c1-c1ccccc1. The fraction of sp³-hybridized carbons (Fsp3) is 0.0800. The van der Waals surface area contributed by atoms with Crippen LogP contribution in [-0.2, 0) is 0 Å². The lowest BCUT2D eigenvalue weighted by Gasteiger charge is -2.19. The Morgan fingerprint density at radius 3 is 2.18 bits per heavy atom. The predicted molar refractivity (Wildman–Crippen MR) is 115 cm³/mol. The monoisotopic (exact) mass is 364 g/mol. The first-order valence-corrected chi connectivity index (χ1v) is 9.53. The summed E-state index contributed by atoms with van der Waals surface area (Å²) in [5.41, 5.74) is 6.64. The normalized spacial score (nSPS) is 11.2. The molecule has 0 saturated carbocycles. The molecule has 3 aromatic carbocycles. The maximum absolute atomic E-state index is 6.11. The van der Waals surface area contributed by atoms with Crippen molar-refractivity contribution < 1.29 is 4.74 Å². The summed E-state index contributed by atoms with van der Waals surface area (Å²) in [5.74, 6) is 0.864. The molecule has 28 heavy (non-hydrogen) atoms. The van der Waals surface area contributed by atoms with Gasteiger partial charge in [-0.1, -0.05) is 60.7 Å². The molecule has 0 aliphatic rings. The standard InChI is InChI=1S/C25H20N2O/c1-2-28-22-16-20-25(21-14-9-15-27(21)17-26-20)24(19-12-7-4-8-13-19)23(22)18-10-5-3-6-11-18/h3-17H,2H2,1H3. The van der Waals surface area contributed by atoms with E-state index in [1.807, 2.05) is 31.6 Å². The third-order valence-corrected chi connectivity index (χ3v) is 5.05. The van der Waals surface area contributed by atoms with Gasteiger partial charge in [-0.15, -0.1) is 0 Å². The molecule has 0 aliphatic heterocycles. The zero-order chi connectivity index (χ0) is 18.9. The Kier molecular flexibility index (Phi) is 4.06. The number of hydrogen-bond acceptors (Lipinski definition) is 2. The van der Waals surface area contributed by atoms with E-state index in [2.05, 4.69) is 71.1 Å². The quantitative estimate of drug-likeness (QED) is 0.378. The molecule has 5 rings (SSSR count). The van der Waals surface area contributed by atoms with E-state index in [1.165, 1.54) is 0 Å². The minimum Gasteiger partial charge on any atom is -0.493 e. The van der Waals surface area contributed by atoms with Crippen LogP contribution in [0.2, 0.25) is 0 Å². The van der Waals surface area contributed by atoms with E-state index < -0.39 is 0 Å². The van der Waals surface area contributed by atoms with Crippen molar-refractivity contribution in [2.24, 2.45) is 0 Å². The van der Waals surface area contributed by atoms with E-state index in [0.717, 1.165) is 44.4 Å². The van der Waals surface area contributed by atoms with Gasteiger partial charge < -0.3 is 9.14 Å². The summed E-state index contributed by atoms with van der Waals surface area (Å²) in [6, 6.07) is 27.3. The number of aromatic nitrogens is 2. The molecular weight excluding hydrogens is 344 g/mol. The van der Waals surface area contributed by atoms with Crippen LogP contribution in [0.3, 0.4) is 0 Å². The summed E-state index contributed by atoms with van der Waals surface area (Å²) >= 11 is 0. The molecule has 0 unspecified atom stereocenters. The molecular formula is C25H20N2O. The second-order valence-electron chi connectivity index (χ2n) is 6.73. The minimum absolute atomic E-state index is 0.604. The maximum Gasteiger partial charge on any atom is 0.129 e. The van der Waals surface area contributed by atoms with Crippen molar-refractivity contribution >= 4 is 16.4 Å². The van der Waals surface area contributed by atoms with Crippen LogP contribution in [0.25, 0.3) is 38.7 Å². The van der Waals surface area contributed by atoms with Gasteiger partial charge in [-0.25, -0.2) is 4.98 Å². The fourth-order valence-electron chi connectivity index (χ4n) is 3.89. The highest BCUT2D eigenvalue weighted by Crippen LogP contribution is 2.45. The lowest BCUT2D eigenvalue weighted by Crippen LogP contribution is -1.99. The van der Waals surface area contributed by atoms with Crippen molar-refractivity contribution in [1.29, 1.82) is 0 Å². The van der Waals surface area contributed by atoms with E-state index in [-0.39, 0.29) is 0 Å². The highest BCUT2D eigenvalue weighted by molar-refractivity contribution is 6.11. The van der Waals surface area contributed by atoms with E-state index >= 15 is 0 Å². The first kappa shape index (κ1) is 16.6. The van der Waals surface area contributed by atoms with Crippen molar-refractivity contribution in [2.45, 2.75) is 6.92 Å². The highest BCUT2D eigenvalue weighted by Gasteiger charge is 2.20. The van der Waals surface area contributed by atoms with Gasteiger partial charge in [0.2, 0.25) is 0 Å². The number of fused-ring (bicyclic) bond motifs is 3. The Morgan fingerprint density at radius 2 is 1.50 bits per heavy atom. The third kappa shape index (κ3) is 2.64. The van der Waals surface area contributed by atoms with Gasteiger partial charge in [0.1, 0.15) is 5.75 Å². The van der Waals surface area contributed by atoms with Gasteiger partial charge in [-0.05, 0) is 30.2 Å². The van der Waals surface area contributed by atoms with Crippen LogP contribution in [-0.4, -0.2) is 16.0 Å². The smallest absolute Gasteiger partial charge is 0.129 e. The van der Waals surface area contributed by atoms with Gasteiger partial charge in [-0.3, -0.25) is 0 Å². The van der Waals surface area contributed by atoms with Crippen molar-refractivity contribution in [1.82, 2.24) is 9.38 Å². The van der Waals surface area contributed by atoms with Crippen LogP contribution < -0.4 is 4.74 Å². The maximum atomic E-state index is 6.11. The molecule has 0 radical (unpaired) electrons. The molecule has 0 fully saturated rings. The van der Waals surface area contributed by atoms with Crippen LogP contribution in [0.4, 0.5) is 0 Å². The van der Waals surface area contributed by atoms with Crippen LogP contribution in [0, 0.1) is 0 Å². The van der Waals surface area contributed by atoms with Crippen molar-refractivity contribution in [2.75, 3.05) is 6.61 Å². The van der Waals surface area contributed by atoms with E-state index in [0.29, 0.717) is 6.61 Å². The first-order valence-electron chi connectivity index (χ1n) is 9.53. The molecule has 3 heteroatoms. The number of benzene rings is 3. The Morgan fingerprint density at radius 1 is 0.821 bits per heavy atom. The Balaban J connectivity index is 2.01. The van der Waals surface area contributed by atoms with Crippen LogP contribution in [0.5, 0.6) is 5.75 Å². The Hall–Kier alpha value is -3.59. The van der Waals surface area contributed by atoms with E-state index in [9.17, 15) is 0 Å². The number of hydrogen-bond donors (Lipinski definition) is 0. The van der Waals surface area contributed by atoms with Gasteiger partial charge in [0, 0.05) is 28.8 Å². The average molecular weight is 364 g/mol. The van der Waals surface area contributed by atoms with Gasteiger partial charge in [-0.2, -0.15) is 0 Å². The van der Waals surface area contributed by atoms with Gasteiger partial charge in [0.05, 0.1) is 24.0 Å². The third-order valence-electron chi connectivity index (χ3n) is 5.05. The van der Waals surface area contributed by atoms with Crippen molar-refractivity contribution in [3.8, 4) is 28.0 Å². The molecule has 3 nitrogen and oxygen atoms in total. The summed E-state index contributed by atoms with van der Waals surface area (Å²) in [4.78, 5) is 4.73. The highest BCUT2D eigenvalue weighted by atomic mass is 16.5. The number of rotatable bonds is 4. The second-order valence-corrected chi connectivity index (χ2v) is 6.73. The number of nitrogens with zero attached hydrogens (tertiary/aromatic N) is 2. The number of ether oxygens (including phenoxy) is 1. The molecule has 0 aliphatic carbocycles. The average Bonchev–Trinajstić information content (AvgIpc) is 3.23.